The molecule has 2 nitrogen and oxygen atoms in total. The molecule has 1 amide bonds. The van der Waals surface area contributed by atoms with Crippen molar-refractivity contribution in [3.63, 3.8) is 0 Å². The second kappa shape index (κ2) is 5.62. The van der Waals surface area contributed by atoms with E-state index >= 15 is 0 Å². The maximum atomic E-state index is 13.6. The molecule has 1 aliphatic rings. The molecule has 0 aliphatic heterocycles. The van der Waals surface area contributed by atoms with E-state index in [0.29, 0.717) is 15.6 Å². The first-order valence-corrected chi connectivity index (χ1v) is 7.78. The summed E-state index contributed by atoms with van der Waals surface area (Å²) < 4.78 is 14.6. The zero-order valence-electron chi connectivity index (χ0n) is 11.3. The molecule has 0 bridgehead atoms. The molecule has 0 spiro atoms. The quantitative estimate of drug-likeness (QED) is 0.852. The van der Waals surface area contributed by atoms with Crippen LogP contribution in [0.3, 0.4) is 0 Å². The minimum absolute atomic E-state index is 0.290. The second-order valence-electron chi connectivity index (χ2n) is 4.94. The molecule has 0 radical (unpaired) electrons. The summed E-state index contributed by atoms with van der Waals surface area (Å²) in [6.07, 6.45) is 3.74. The van der Waals surface area contributed by atoms with Crippen LogP contribution in [-0.4, -0.2) is 12.1 Å². The molecule has 5 heteroatoms. The monoisotopic (exact) mass is 321 g/mol. The average Bonchev–Trinajstić information content (AvgIpc) is 2.82. The van der Waals surface area contributed by atoms with Gasteiger partial charge in [-0.05, 0) is 18.2 Å². The second-order valence-corrected chi connectivity index (χ2v) is 6.37. The van der Waals surface area contributed by atoms with Crippen LogP contribution in [0.5, 0.6) is 0 Å². The Kier molecular flexibility index (Phi) is 3.83. The van der Waals surface area contributed by atoms with E-state index in [4.69, 9.17) is 11.6 Å². The highest BCUT2D eigenvalue weighted by molar-refractivity contribution is 7.21. The fourth-order valence-electron chi connectivity index (χ4n) is 2.26. The van der Waals surface area contributed by atoms with E-state index in [1.807, 2.05) is 24.3 Å². The van der Waals surface area contributed by atoms with Crippen LogP contribution in [0.2, 0.25) is 5.02 Å². The van der Waals surface area contributed by atoms with Crippen LogP contribution in [-0.2, 0) is 0 Å². The Morgan fingerprint density at radius 2 is 2.14 bits per heavy atom. The Labute approximate surface area is 130 Å². The Morgan fingerprint density at radius 3 is 2.90 bits per heavy atom. The van der Waals surface area contributed by atoms with Gasteiger partial charge in [-0.2, -0.15) is 0 Å². The molecule has 21 heavy (non-hydrogen) atoms. The number of benzene rings is 1. The number of alkyl halides is 1. The van der Waals surface area contributed by atoms with Crippen LogP contribution in [0.15, 0.2) is 48.2 Å². The van der Waals surface area contributed by atoms with Crippen molar-refractivity contribution in [1.82, 2.24) is 5.32 Å². The van der Waals surface area contributed by atoms with E-state index in [2.05, 4.69) is 5.32 Å². The molecule has 2 unspecified atom stereocenters. The van der Waals surface area contributed by atoms with E-state index < -0.39 is 6.17 Å². The van der Waals surface area contributed by atoms with Crippen molar-refractivity contribution in [1.29, 1.82) is 0 Å². The molecule has 1 heterocycles. The van der Waals surface area contributed by atoms with Crippen molar-refractivity contribution in [2.24, 2.45) is 5.92 Å². The van der Waals surface area contributed by atoms with Crippen LogP contribution >= 0.6 is 22.9 Å². The van der Waals surface area contributed by atoms with Gasteiger partial charge in [0.05, 0.1) is 5.02 Å². The number of nitrogens with one attached hydrogen (secondary N) is 1. The number of hydrogen-bond acceptors (Lipinski definition) is 2. The summed E-state index contributed by atoms with van der Waals surface area (Å²) in [6, 6.07) is 7.59. The Bertz CT molecular complexity index is 765. The summed E-state index contributed by atoms with van der Waals surface area (Å²) >= 11 is 7.62. The van der Waals surface area contributed by atoms with Gasteiger partial charge >= 0.3 is 0 Å². The van der Waals surface area contributed by atoms with Crippen LogP contribution in [0, 0.1) is 5.92 Å². The summed E-state index contributed by atoms with van der Waals surface area (Å²) in [5.41, 5.74) is 0.573. The van der Waals surface area contributed by atoms with Gasteiger partial charge in [0.15, 0.2) is 0 Å². The van der Waals surface area contributed by atoms with Gasteiger partial charge in [-0.3, -0.25) is 4.79 Å². The maximum absolute atomic E-state index is 13.6. The Hall–Kier alpha value is -1.65. The number of rotatable bonds is 2. The average molecular weight is 322 g/mol. The molecule has 108 valence electrons. The number of carbonyl (C=O) groups excluding carboxylic acids is 1. The van der Waals surface area contributed by atoms with Gasteiger partial charge < -0.3 is 5.32 Å². The van der Waals surface area contributed by atoms with E-state index in [9.17, 15) is 9.18 Å². The molecule has 2 atom stereocenters. The van der Waals surface area contributed by atoms with Crippen molar-refractivity contribution < 1.29 is 9.18 Å². The molecule has 1 N–H and O–H groups in total. The smallest absolute Gasteiger partial charge is 0.267 e. The van der Waals surface area contributed by atoms with Crippen molar-refractivity contribution >= 4 is 38.9 Å². The fourth-order valence-corrected chi connectivity index (χ4v) is 3.67. The zero-order chi connectivity index (χ0) is 15.0. The lowest BCUT2D eigenvalue weighted by molar-refractivity contribution is 0.0963. The van der Waals surface area contributed by atoms with Gasteiger partial charge in [-0.15, -0.1) is 11.3 Å². The maximum Gasteiger partial charge on any atom is 0.267 e. The summed E-state index contributed by atoms with van der Waals surface area (Å²) in [5, 5.41) is 4.09. The number of fused-ring (bicyclic) bond motifs is 1. The number of carbonyl (C=O) groups is 1. The molecule has 2 aromatic rings. The highest BCUT2D eigenvalue weighted by atomic mass is 35.5. The minimum atomic E-state index is -1.08. The molecule has 0 fully saturated rings. The Morgan fingerprint density at radius 1 is 1.38 bits per heavy atom. The summed E-state index contributed by atoms with van der Waals surface area (Å²) in [4.78, 5) is 12.8. The third kappa shape index (κ3) is 2.61. The van der Waals surface area contributed by atoms with Gasteiger partial charge in [-0.1, -0.05) is 42.8 Å². The Balaban J connectivity index is 1.89. The lowest BCUT2D eigenvalue weighted by atomic mass is 9.97. The molecule has 1 aromatic carbocycles. The fraction of sp³-hybridized carbons (Fsp3) is 0.188. The summed E-state index contributed by atoms with van der Waals surface area (Å²) in [7, 11) is 0. The summed E-state index contributed by atoms with van der Waals surface area (Å²) in [5.74, 6) is -0.658. The van der Waals surface area contributed by atoms with E-state index in [1.54, 1.807) is 19.1 Å². The van der Waals surface area contributed by atoms with Gasteiger partial charge in [0.25, 0.3) is 5.91 Å². The first-order chi connectivity index (χ1) is 10.1. The van der Waals surface area contributed by atoms with Gasteiger partial charge in [0.2, 0.25) is 0 Å². The molecule has 3 rings (SSSR count). The van der Waals surface area contributed by atoms with Crippen LogP contribution in [0.25, 0.3) is 10.1 Å². The molecule has 0 saturated carbocycles. The third-order valence-electron chi connectivity index (χ3n) is 3.54. The third-order valence-corrected chi connectivity index (χ3v) is 5.21. The topological polar surface area (TPSA) is 29.1 Å². The van der Waals surface area contributed by atoms with E-state index in [-0.39, 0.29) is 11.8 Å². The standard InChI is InChI=1S/C16H13ClFNOS/c1-9-11(18)6-4-7-12(9)19-16(20)15-14(17)10-5-2-3-8-13(10)21-15/h2-9,11H,1H3,(H,19,20). The number of allylic oxidation sites excluding steroid dienone is 4. The van der Waals surface area contributed by atoms with Crippen LogP contribution in [0.1, 0.15) is 16.6 Å². The van der Waals surface area contributed by atoms with Crippen LogP contribution < -0.4 is 5.32 Å². The lowest BCUT2D eigenvalue weighted by Gasteiger charge is -2.21. The molecule has 0 saturated heterocycles. The molecular weight excluding hydrogens is 309 g/mol. The lowest BCUT2D eigenvalue weighted by Crippen LogP contribution is -2.30. The SMILES string of the molecule is CC1C(NC(=O)c2sc3ccccc3c2Cl)=CC=CC1F. The predicted molar refractivity (Wildman–Crippen MR) is 85.6 cm³/mol. The molecule has 1 aromatic heterocycles. The van der Waals surface area contributed by atoms with Gasteiger partial charge in [0.1, 0.15) is 11.0 Å². The highest BCUT2D eigenvalue weighted by Gasteiger charge is 2.24. The molecule has 1 aliphatic carbocycles. The van der Waals surface area contributed by atoms with Crippen molar-refractivity contribution in [2.75, 3.05) is 0 Å². The first kappa shape index (κ1) is 14.3. The van der Waals surface area contributed by atoms with Crippen molar-refractivity contribution in [3.05, 3.63) is 58.1 Å². The van der Waals surface area contributed by atoms with Gasteiger partial charge in [0, 0.05) is 21.7 Å². The van der Waals surface area contributed by atoms with Crippen molar-refractivity contribution in [3.8, 4) is 0 Å². The number of amides is 1. The zero-order valence-corrected chi connectivity index (χ0v) is 12.8. The summed E-state index contributed by atoms with van der Waals surface area (Å²) in [6.45, 7) is 1.74. The first-order valence-electron chi connectivity index (χ1n) is 6.58. The number of halogens is 2. The van der Waals surface area contributed by atoms with E-state index in [1.165, 1.54) is 17.4 Å². The van der Waals surface area contributed by atoms with Gasteiger partial charge in [-0.25, -0.2) is 4.39 Å². The van der Waals surface area contributed by atoms with E-state index in [0.717, 1.165) is 10.1 Å². The number of hydrogen-bond donors (Lipinski definition) is 1. The minimum Gasteiger partial charge on any atom is -0.325 e. The number of thiophene rings is 1. The van der Waals surface area contributed by atoms with Crippen LogP contribution in [0.4, 0.5) is 4.39 Å². The highest BCUT2D eigenvalue weighted by Crippen LogP contribution is 2.35. The largest absolute Gasteiger partial charge is 0.325 e. The predicted octanol–water partition coefficient (Wildman–Crippen LogP) is 4.71. The molecular formula is C16H13ClFNOS. The van der Waals surface area contributed by atoms with Crippen molar-refractivity contribution in [2.45, 2.75) is 13.1 Å². The normalized spacial score (nSPS) is 21.4.